The van der Waals surface area contributed by atoms with Gasteiger partial charge in [0, 0.05) is 37.4 Å². The summed E-state index contributed by atoms with van der Waals surface area (Å²) in [6, 6.07) is 5.16. The molecular formula is C18H21ClN4O3. The highest BCUT2D eigenvalue weighted by Crippen LogP contribution is 2.31. The van der Waals surface area contributed by atoms with Gasteiger partial charge in [-0.1, -0.05) is 30.6 Å². The van der Waals surface area contributed by atoms with E-state index in [9.17, 15) is 9.59 Å². The Balaban J connectivity index is 1.57. The Hall–Kier alpha value is -2.41. The maximum absolute atomic E-state index is 12.1. The van der Waals surface area contributed by atoms with Crippen molar-refractivity contribution >= 4 is 34.8 Å². The number of nitrogens with one attached hydrogen (secondary N) is 1. The molecule has 8 heteroatoms. The van der Waals surface area contributed by atoms with E-state index in [0.29, 0.717) is 47.5 Å². The third-order valence-electron chi connectivity index (χ3n) is 4.16. The summed E-state index contributed by atoms with van der Waals surface area (Å²) in [7, 11) is 0. The largest absolute Gasteiger partial charge is 0.339 e. The number of amides is 2. The molecule has 1 aliphatic heterocycles. The number of benzene rings is 1. The molecule has 0 bridgehead atoms. The van der Waals surface area contributed by atoms with Gasteiger partial charge in [0.05, 0.1) is 10.7 Å². The highest BCUT2D eigenvalue weighted by Gasteiger charge is 2.23. The second-order valence-electron chi connectivity index (χ2n) is 6.56. The fourth-order valence-corrected chi connectivity index (χ4v) is 3.04. The van der Waals surface area contributed by atoms with E-state index in [1.807, 2.05) is 13.8 Å². The van der Waals surface area contributed by atoms with E-state index in [1.165, 1.54) is 0 Å². The molecule has 0 saturated carbocycles. The Morgan fingerprint density at radius 2 is 2.23 bits per heavy atom. The van der Waals surface area contributed by atoms with Crippen LogP contribution in [0, 0.1) is 0 Å². The zero-order valence-electron chi connectivity index (χ0n) is 14.8. The normalized spacial score (nSPS) is 14.3. The van der Waals surface area contributed by atoms with Gasteiger partial charge in [-0.25, -0.2) is 0 Å². The van der Waals surface area contributed by atoms with Crippen molar-refractivity contribution in [2.75, 3.05) is 16.8 Å². The molecule has 1 N–H and O–H groups in total. The van der Waals surface area contributed by atoms with Crippen LogP contribution in [0.5, 0.6) is 0 Å². The number of rotatable bonds is 6. The SMILES string of the molecule is CC(C)c1noc(CCC(=O)Nc2ccc(N3CCCC3=O)c(Cl)c2)n1. The Morgan fingerprint density at radius 3 is 2.85 bits per heavy atom. The number of carbonyl (C=O) groups excluding carboxylic acids is 2. The highest BCUT2D eigenvalue weighted by atomic mass is 35.5. The molecule has 26 heavy (non-hydrogen) atoms. The molecule has 0 aliphatic carbocycles. The summed E-state index contributed by atoms with van der Waals surface area (Å²) < 4.78 is 5.13. The summed E-state index contributed by atoms with van der Waals surface area (Å²) >= 11 is 6.29. The Kier molecular flexibility index (Phi) is 5.56. The van der Waals surface area contributed by atoms with Crippen LogP contribution >= 0.6 is 11.6 Å². The van der Waals surface area contributed by atoms with Gasteiger partial charge in [0.25, 0.3) is 0 Å². The van der Waals surface area contributed by atoms with Gasteiger partial charge in [-0.3, -0.25) is 9.59 Å². The molecule has 138 valence electrons. The zero-order valence-corrected chi connectivity index (χ0v) is 15.5. The number of hydrogen-bond donors (Lipinski definition) is 1. The molecule has 2 amide bonds. The predicted molar refractivity (Wildman–Crippen MR) is 98.4 cm³/mol. The van der Waals surface area contributed by atoms with Crippen molar-refractivity contribution in [1.29, 1.82) is 0 Å². The summed E-state index contributed by atoms with van der Waals surface area (Å²) in [5, 5.41) is 7.11. The summed E-state index contributed by atoms with van der Waals surface area (Å²) in [6.07, 6.45) is 1.98. The lowest BCUT2D eigenvalue weighted by atomic mass is 10.2. The smallest absolute Gasteiger partial charge is 0.227 e. The lowest BCUT2D eigenvalue weighted by molar-refractivity contribution is -0.117. The quantitative estimate of drug-likeness (QED) is 0.832. The highest BCUT2D eigenvalue weighted by molar-refractivity contribution is 6.34. The van der Waals surface area contributed by atoms with Gasteiger partial charge in [-0.2, -0.15) is 4.98 Å². The molecule has 0 radical (unpaired) electrons. The van der Waals surface area contributed by atoms with Crippen molar-refractivity contribution in [3.05, 3.63) is 34.9 Å². The van der Waals surface area contributed by atoms with Gasteiger partial charge in [0.15, 0.2) is 5.82 Å². The number of carbonyl (C=O) groups is 2. The van der Waals surface area contributed by atoms with Crippen molar-refractivity contribution in [1.82, 2.24) is 10.1 Å². The minimum absolute atomic E-state index is 0.0732. The Labute approximate surface area is 156 Å². The van der Waals surface area contributed by atoms with Gasteiger partial charge in [0.2, 0.25) is 17.7 Å². The van der Waals surface area contributed by atoms with Crippen LogP contribution in [-0.2, 0) is 16.0 Å². The van der Waals surface area contributed by atoms with Crippen LogP contribution in [0.15, 0.2) is 22.7 Å². The Bertz CT molecular complexity index is 819. The van der Waals surface area contributed by atoms with Crippen LogP contribution < -0.4 is 10.2 Å². The topological polar surface area (TPSA) is 88.3 Å². The average molecular weight is 377 g/mol. The van der Waals surface area contributed by atoms with E-state index in [-0.39, 0.29) is 24.2 Å². The summed E-state index contributed by atoms with van der Waals surface area (Å²) in [6.45, 7) is 4.63. The average Bonchev–Trinajstić information content (AvgIpc) is 3.22. The second-order valence-corrected chi connectivity index (χ2v) is 6.97. The molecule has 2 aromatic rings. The molecule has 1 aliphatic rings. The zero-order chi connectivity index (χ0) is 18.7. The van der Waals surface area contributed by atoms with E-state index in [4.69, 9.17) is 16.1 Å². The first-order valence-electron chi connectivity index (χ1n) is 8.66. The number of aryl methyl sites for hydroxylation is 1. The van der Waals surface area contributed by atoms with Crippen molar-refractivity contribution < 1.29 is 14.1 Å². The molecule has 1 aromatic carbocycles. The lowest BCUT2D eigenvalue weighted by Gasteiger charge is -2.18. The van der Waals surface area contributed by atoms with E-state index in [1.54, 1.807) is 23.1 Å². The van der Waals surface area contributed by atoms with Gasteiger partial charge in [-0.15, -0.1) is 0 Å². The van der Waals surface area contributed by atoms with Gasteiger partial charge in [0.1, 0.15) is 0 Å². The first-order chi connectivity index (χ1) is 12.4. The number of halogens is 1. The maximum Gasteiger partial charge on any atom is 0.227 e. The van der Waals surface area contributed by atoms with Gasteiger partial charge in [-0.05, 0) is 24.6 Å². The van der Waals surface area contributed by atoms with Crippen LogP contribution in [0.4, 0.5) is 11.4 Å². The molecule has 0 spiro atoms. The van der Waals surface area contributed by atoms with Crippen LogP contribution in [0.2, 0.25) is 5.02 Å². The Morgan fingerprint density at radius 1 is 1.42 bits per heavy atom. The van der Waals surface area contributed by atoms with E-state index in [0.717, 1.165) is 6.42 Å². The van der Waals surface area contributed by atoms with Crippen molar-refractivity contribution in [2.24, 2.45) is 0 Å². The van der Waals surface area contributed by atoms with Crippen LogP contribution in [0.25, 0.3) is 0 Å². The second kappa shape index (κ2) is 7.86. The molecule has 0 unspecified atom stereocenters. The lowest BCUT2D eigenvalue weighted by Crippen LogP contribution is -2.24. The molecule has 2 heterocycles. The van der Waals surface area contributed by atoms with Crippen molar-refractivity contribution in [3.63, 3.8) is 0 Å². The maximum atomic E-state index is 12.1. The molecule has 1 saturated heterocycles. The number of aromatic nitrogens is 2. The minimum atomic E-state index is -0.171. The molecule has 1 fully saturated rings. The van der Waals surface area contributed by atoms with E-state index >= 15 is 0 Å². The van der Waals surface area contributed by atoms with Crippen LogP contribution in [-0.4, -0.2) is 28.5 Å². The van der Waals surface area contributed by atoms with Crippen molar-refractivity contribution in [2.45, 2.75) is 45.4 Å². The molecule has 7 nitrogen and oxygen atoms in total. The predicted octanol–water partition coefficient (Wildman–Crippen LogP) is 3.54. The molecule has 0 atom stereocenters. The molecular weight excluding hydrogens is 356 g/mol. The van der Waals surface area contributed by atoms with Crippen LogP contribution in [0.1, 0.15) is 50.7 Å². The first kappa shape index (κ1) is 18.4. The van der Waals surface area contributed by atoms with E-state index < -0.39 is 0 Å². The molecule has 3 rings (SSSR count). The third kappa shape index (κ3) is 4.22. The first-order valence-corrected chi connectivity index (χ1v) is 9.04. The number of hydrogen-bond acceptors (Lipinski definition) is 5. The fraction of sp³-hybridized carbons (Fsp3) is 0.444. The van der Waals surface area contributed by atoms with Gasteiger partial charge >= 0.3 is 0 Å². The third-order valence-corrected chi connectivity index (χ3v) is 4.46. The monoisotopic (exact) mass is 376 g/mol. The summed E-state index contributed by atoms with van der Waals surface area (Å²) in [5.74, 6) is 1.17. The van der Waals surface area contributed by atoms with Crippen molar-refractivity contribution in [3.8, 4) is 0 Å². The van der Waals surface area contributed by atoms with Crippen LogP contribution in [0.3, 0.4) is 0 Å². The minimum Gasteiger partial charge on any atom is -0.339 e. The standard InChI is InChI=1S/C18H21ClN4O3/c1-11(2)18-21-16(26-22-18)8-7-15(24)20-12-5-6-14(13(19)10-12)23-9-3-4-17(23)25/h5-6,10-11H,3-4,7-9H2,1-2H3,(H,20,24). The number of nitrogens with zero attached hydrogens (tertiary/aromatic N) is 3. The molecule has 1 aromatic heterocycles. The number of anilines is 2. The summed E-state index contributed by atoms with van der Waals surface area (Å²) in [5.41, 5.74) is 1.27. The fourth-order valence-electron chi connectivity index (χ4n) is 2.75. The van der Waals surface area contributed by atoms with E-state index in [2.05, 4.69) is 15.5 Å². The van der Waals surface area contributed by atoms with Gasteiger partial charge < -0.3 is 14.7 Å². The summed E-state index contributed by atoms with van der Waals surface area (Å²) in [4.78, 5) is 29.9.